The Bertz CT molecular complexity index is 1110. The van der Waals surface area contributed by atoms with Gasteiger partial charge in [-0.1, -0.05) is 78.9 Å². The normalized spacial score (nSPS) is 14.8. The van der Waals surface area contributed by atoms with Crippen molar-refractivity contribution in [1.82, 2.24) is 9.80 Å². The Morgan fingerprint density at radius 1 is 0.818 bits per heavy atom. The Labute approximate surface area is 199 Å². The summed E-state index contributed by atoms with van der Waals surface area (Å²) in [5.74, 6) is 0.153. The van der Waals surface area contributed by atoms with Gasteiger partial charge < -0.3 is 9.64 Å². The van der Waals surface area contributed by atoms with E-state index in [1.807, 2.05) is 35.2 Å². The molecule has 1 aromatic heterocycles. The molecule has 4 nitrogen and oxygen atoms in total. The minimum atomic E-state index is -0.0665. The maximum atomic E-state index is 13.0. The number of carbonyl (C=O) groups excluding carboxylic acids is 1. The third-order valence-corrected chi connectivity index (χ3v) is 7.30. The highest BCUT2D eigenvalue weighted by molar-refractivity contribution is 7.20. The molecule has 0 unspecified atom stereocenters. The zero-order valence-corrected chi connectivity index (χ0v) is 19.4. The number of ether oxygens (including phenoxy) is 1. The van der Waals surface area contributed by atoms with E-state index in [1.165, 1.54) is 15.8 Å². The Kier molecular flexibility index (Phi) is 6.81. The monoisotopic (exact) mass is 456 g/mol. The second kappa shape index (κ2) is 10.3. The predicted octanol–water partition coefficient (Wildman–Crippen LogP) is 5.47. The van der Waals surface area contributed by atoms with Gasteiger partial charge in [0.15, 0.2) is 0 Å². The van der Waals surface area contributed by atoms with Crippen LogP contribution >= 0.6 is 11.3 Å². The van der Waals surface area contributed by atoms with Crippen LogP contribution in [0.3, 0.4) is 0 Å². The van der Waals surface area contributed by atoms with Gasteiger partial charge in [-0.05, 0) is 28.6 Å². The van der Waals surface area contributed by atoms with Crippen LogP contribution in [-0.2, 0) is 4.74 Å². The molecular weight excluding hydrogens is 428 g/mol. The average Bonchev–Trinajstić information content (AvgIpc) is 3.32. The summed E-state index contributed by atoms with van der Waals surface area (Å²) < 4.78 is 7.54. The highest BCUT2D eigenvalue weighted by Gasteiger charge is 2.24. The molecule has 4 aromatic rings. The number of hydrogen-bond donors (Lipinski definition) is 0. The quantitative estimate of drug-likeness (QED) is 0.370. The van der Waals surface area contributed by atoms with Gasteiger partial charge in [0.2, 0.25) is 0 Å². The van der Waals surface area contributed by atoms with Crippen LogP contribution in [-0.4, -0.2) is 55.0 Å². The Morgan fingerprint density at radius 2 is 1.42 bits per heavy atom. The van der Waals surface area contributed by atoms with Crippen molar-refractivity contribution < 1.29 is 9.53 Å². The zero-order chi connectivity index (χ0) is 22.5. The van der Waals surface area contributed by atoms with Gasteiger partial charge in [0, 0.05) is 37.4 Å². The highest BCUT2D eigenvalue weighted by Crippen LogP contribution is 2.27. The first-order valence-electron chi connectivity index (χ1n) is 11.5. The number of benzene rings is 3. The first-order chi connectivity index (χ1) is 16.3. The maximum Gasteiger partial charge on any atom is 0.264 e. The van der Waals surface area contributed by atoms with Gasteiger partial charge >= 0.3 is 0 Å². The summed E-state index contributed by atoms with van der Waals surface area (Å²) >= 11 is 1.59. The lowest BCUT2D eigenvalue weighted by molar-refractivity contribution is 0.0410. The van der Waals surface area contributed by atoms with Crippen LogP contribution in [0.1, 0.15) is 26.9 Å². The molecule has 168 valence electrons. The standard InChI is InChI=1S/C28H28N2O2S/c31-28(26-21-24-13-7-8-14-25(24)33-26)30-17-15-29(16-18-30)19-20-32-27(22-9-3-1-4-10-22)23-11-5-2-6-12-23/h1-14,21,27H,15-20H2. The van der Waals surface area contributed by atoms with Gasteiger partial charge in [-0.2, -0.15) is 0 Å². The van der Waals surface area contributed by atoms with E-state index in [0.717, 1.165) is 43.0 Å². The predicted molar refractivity (Wildman–Crippen MR) is 135 cm³/mol. The van der Waals surface area contributed by atoms with Gasteiger partial charge in [-0.15, -0.1) is 11.3 Å². The Morgan fingerprint density at radius 3 is 2.06 bits per heavy atom. The molecule has 1 saturated heterocycles. The molecule has 0 spiro atoms. The van der Waals surface area contributed by atoms with Crippen LogP contribution in [0.25, 0.3) is 10.1 Å². The molecule has 5 rings (SSSR count). The van der Waals surface area contributed by atoms with Crippen LogP contribution in [0.2, 0.25) is 0 Å². The molecule has 5 heteroatoms. The number of carbonyl (C=O) groups is 1. The van der Waals surface area contributed by atoms with Crippen molar-refractivity contribution >= 4 is 27.3 Å². The third kappa shape index (κ3) is 5.17. The van der Waals surface area contributed by atoms with Gasteiger partial charge in [-0.25, -0.2) is 0 Å². The summed E-state index contributed by atoms with van der Waals surface area (Å²) in [6, 6.07) is 31.0. The van der Waals surface area contributed by atoms with E-state index >= 15 is 0 Å². The van der Waals surface area contributed by atoms with Crippen molar-refractivity contribution in [1.29, 1.82) is 0 Å². The summed E-state index contributed by atoms with van der Waals surface area (Å²) in [6.45, 7) is 4.78. The Hall–Kier alpha value is -2.99. The fourth-order valence-corrected chi connectivity index (χ4v) is 5.39. The van der Waals surface area contributed by atoms with Crippen molar-refractivity contribution in [2.45, 2.75) is 6.10 Å². The lowest BCUT2D eigenvalue weighted by Gasteiger charge is -2.34. The number of thiophene rings is 1. The molecule has 0 saturated carbocycles. The summed E-state index contributed by atoms with van der Waals surface area (Å²) in [7, 11) is 0. The number of rotatable bonds is 7. The third-order valence-electron chi connectivity index (χ3n) is 6.19. The minimum absolute atomic E-state index is 0.0665. The van der Waals surface area contributed by atoms with Gasteiger partial charge in [0.1, 0.15) is 6.10 Å². The van der Waals surface area contributed by atoms with Crippen LogP contribution in [0.15, 0.2) is 91.0 Å². The highest BCUT2D eigenvalue weighted by atomic mass is 32.1. The van der Waals surface area contributed by atoms with E-state index in [1.54, 1.807) is 11.3 Å². The number of hydrogen-bond acceptors (Lipinski definition) is 4. The Balaban J connectivity index is 1.14. The van der Waals surface area contributed by atoms with E-state index in [2.05, 4.69) is 65.6 Å². The second-order valence-corrected chi connectivity index (χ2v) is 9.44. The summed E-state index contributed by atoms with van der Waals surface area (Å²) in [6.07, 6.45) is -0.0665. The molecule has 0 N–H and O–H groups in total. The molecule has 2 heterocycles. The second-order valence-electron chi connectivity index (χ2n) is 8.35. The lowest BCUT2D eigenvalue weighted by atomic mass is 10.0. The minimum Gasteiger partial charge on any atom is -0.367 e. The smallest absolute Gasteiger partial charge is 0.264 e. The van der Waals surface area contributed by atoms with Crippen LogP contribution < -0.4 is 0 Å². The number of amides is 1. The van der Waals surface area contributed by atoms with E-state index in [9.17, 15) is 4.79 Å². The number of nitrogens with zero attached hydrogens (tertiary/aromatic N) is 2. The van der Waals surface area contributed by atoms with Crippen molar-refractivity contribution in [2.24, 2.45) is 0 Å². The van der Waals surface area contributed by atoms with Crippen molar-refractivity contribution in [3.63, 3.8) is 0 Å². The molecule has 1 aliphatic heterocycles. The van der Waals surface area contributed by atoms with E-state index in [-0.39, 0.29) is 12.0 Å². The summed E-state index contributed by atoms with van der Waals surface area (Å²) in [5.41, 5.74) is 2.34. The largest absolute Gasteiger partial charge is 0.367 e. The summed E-state index contributed by atoms with van der Waals surface area (Å²) in [5, 5.41) is 1.15. The molecule has 0 bridgehead atoms. The van der Waals surface area contributed by atoms with Crippen LogP contribution in [0.5, 0.6) is 0 Å². The van der Waals surface area contributed by atoms with Crippen molar-refractivity contribution in [3.8, 4) is 0 Å². The lowest BCUT2D eigenvalue weighted by Crippen LogP contribution is -2.49. The molecule has 0 radical (unpaired) electrons. The van der Waals surface area contributed by atoms with E-state index in [4.69, 9.17) is 4.74 Å². The fraction of sp³-hybridized carbons (Fsp3) is 0.250. The van der Waals surface area contributed by atoms with Crippen LogP contribution in [0.4, 0.5) is 0 Å². The molecular formula is C28H28N2O2S. The van der Waals surface area contributed by atoms with Gasteiger partial charge in [0.25, 0.3) is 5.91 Å². The molecule has 1 amide bonds. The number of piperazine rings is 1. The number of fused-ring (bicyclic) bond motifs is 1. The van der Waals surface area contributed by atoms with Gasteiger partial charge in [0.05, 0.1) is 11.5 Å². The van der Waals surface area contributed by atoms with Gasteiger partial charge in [-0.3, -0.25) is 9.69 Å². The van der Waals surface area contributed by atoms with Crippen molar-refractivity contribution in [2.75, 3.05) is 39.3 Å². The first-order valence-corrected chi connectivity index (χ1v) is 12.3. The molecule has 0 aliphatic carbocycles. The first kappa shape index (κ1) is 21.8. The topological polar surface area (TPSA) is 32.8 Å². The molecule has 1 fully saturated rings. The molecule has 1 aliphatic rings. The SMILES string of the molecule is O=C(c1cc2ccccc2s1)N1CCN(CCOC(c2ccccc2)c2ccccc2)CC1. The summed E-state index contributed by atoms with van der Waals surface area (Å²) in [4.78, 5) is 18.2. The van der Waals surface area contributed by atoms with E-state index in [0.29, 0.717) is 6.61 Å². The van der Waals surface area contributed by atoms with Crippen molar-refractivity contribution in [3.05, 3.63) is 107 Å². The zero-order valence-electron chi connectivity index (χ0n) is 18.6. The molecule has 3 aromatic carbocycles. The fourth-order valence-electron chi connectivity index (χ4n) is 4.36. The maximum absolute atomic E-state index is 13.0. The molecule has 0 atom stereocenters. The van der Waals surface area contributed by atoms with E-state index < -0.39 is 0 Å². The van der Waals surface area contributed by atoms with Crippen LogP contribution in [0, 0.1) is 0 Å². The average molecular weight is 457 g/mol. The molecule has 33 heavy (non-hydrogen) atoms.